The van der Waals surface area contributed by atoms with Crippen molar-refractivity contribution in [2.75, 3.05) is 27.3 Å². The zero-order chi connectivity index (χ0) is 11.0. The van der Waals surface area contributed by atoms with Crippen molar-refractivity contribution in [3.05, 3.63) is 0 Å². The summed E-state index contributed by atoms with van der Waals surface area (Å²) in [6.07, 6.45) is 0.839. The second-order valence-electron chi connectivity index (χ2n) is 3.06. The van der Waals surface area contributed by atoms with Crippen LogP contribution in [0.15, 0.2) is 0 Å². The number of methoxy groups -OCH3 is 1. The number of nitriles is 1. The summed E-state index contributed by atoms with van der Waals surface area (Å²) < 4.78 is 4.82. The van der Waals surface area contributed by atoms with Crippen molar-refractivity contribution in [3.63, 3.8) is 0 Å². The Morgan fingerprint density at radius 3 is 2.86 bits per heavy atom. The van der Waals surface area contributed by atoms with E-state index in [-0.39, 0.29) is 5.91 Å². The number of nitrogens with two attached hydrogens (primary N) is 1. The standard InChI is InChI=1S/C9H17N3O2/c1-12(6-3-5-10)9(13)8(11)4-7-14-2/h8H,3-4,6-7,11H2,1-2H3. The smallest absolute Gasteiger partial charge is 0.239 e. The van der Waals surface area contributed by atoms with Crippen LogP contribution in [0.4, 0.5) is 0 Å². The van der Waals surface area contributed by atoms with Crippen LogP contribution in [0.5, 0.6) is 0 Å². The maximum atomic E-state index is 11.5. The number of carbonyl (C=O) groups is 1. The molecule has 0 aliphatic rings. The molecule has 0 aromatic carbocycles. The zero-order valence-corrected chi connectivity index (χ0v) is 8.69. The van der Waals surface area contributed by atoms with Gasteiger partial charge < -0.3 is 15.4 Å². The number of hydrogen-bond acceptors (Lipinski definition) is 4. The Hall–Kier alpha value is -1.12. The fourth-order valence-electron chi connectivity index (χ4n) is 0.979. The summed E-state index contributed by atoms with van der Waals surface area (Å²) in [5, 5.41) is 8.34. The van der Waals surface area contributed by atoms with Crippen LogP contribution in [0.3, 0.4) is 0 Å². The van der Waals surface area contributed by atoms with Gasteiger partial charge in [-0.15, -0.1) is 0 Å². The molecule has 1 unspecified atom stereocenters. The Morgan fingerprint density at radius 2 is 2.36 bits per heavy atom. The molecule has 0 rings (SSSR count). The molecule has 14 heavy (non-hydrogen) atoms. The first-order chi connectivity index (χ1) is 6.63. The molecule has 0 aromatic rings. The first-order valence-electron chi connectivity index (χ1n) is 4.50. The molecule has 5 nitrogen and oxygen atoms in total. The van der Waals surface area contributed by atoms with Crippen LogP contribution in [-0.4, -0.2) is 44.2 Å². The van der Waals surface area contributed by atoms with Crippen LogP contribution in [-0.2, 0) is 9.53 Å². The Morgan fingerprint density at radius 1 is 1.71 bits per heavy atom. The Bertz CT molecular complexity index is 213. The number of likely N-dealkylation sites (N-methyl/N-ethyl adjacent to an activating group) is 1. The normalized spacial score (nSPS) is 11.9. The van der Waals surface area contributed by atoms with Gasteiger partial charge in [0.25, 0.3) is 0 Å². The van der Waals surface area contributed by atoms with Crippen LogP contribution >= 0.6 is 0 Å². The number of carbonyl (C=O) groups excluding carboxylic acids is 1. The molecule has 0 aromatic heterocycles. The zero-order valence-electron chi connectivity index (χ0n) is 8.69. The lowest BCUT2D eigenvalue weighted by Crippen LogP contribution is -2.42. The van der Waals surface area contributed by atoms with Crippen LogP contribution < -0.4 is 5.73 Å². The van der Waals surface area contributed by atoms with Gasteiger partial charge in [0.05, 0.1) is 18.5 Å². The van der Waals surface area contributed by atoms with Crippen molar-refractivity contribution in [1.29, 1.82) is 5.26 Å². The van der Waals surface area contributed by atoms with Gasteiger partial charge in [-0.1, -0.05) is 0 Å². The summed E-state index contributed by atoms with van der Waals surface area (Å²) >= 11 is 0. The largest absolute Gasteiger partial charge is 0.385 e. The third-order valence-electron chi connectivity index (χ3n) is 1.89. The molecule has 1 amide bonds. The molecule has 0 bridgehead atoms. The van der Waals surface area contributed by atoms with E-state index in [0.717, 1.165) is 0 Å². The summed E-state index contributed by atoms with van der Waals surface area (Å²) in [5.74, 6) is -0.141. The lowest BCUT2D eigenvalue weighted by Gasteiger charge is -2.19. The Labute approximate surface area is 84.4 Å². The number of hydrogen-bond donors (Lipinski definition) is 1. The highest BCUT2D eigenvalue weighted by atomic mass is 16.5. The highest BCUT2D eigenvalue weighted by Gasteiger charge is 2.16. The van der Waals surface area contributed by atoms with E-state index >= 15 is 0 Å². The van der Waals surface area contributed by atoms with Crippen molar-refractivity contribution in [2.24, 2.45) is 5.73 Å². The van der Waals surface area contributed by atoms with Crippen LogP contribution in [0.2, 0.25) is 0 Å². The van der Waals surface area contributed by atoms with Gasteiger partial charge in [0.1, 0.15) is 0 Å². The van der Waals surface area contributed by atoms with Crippen LogP contribution in [0.1, 0.15) is 12.8 Å². The molecule has 0 saturated heterocycles. The van der Waals surface area contributed by atoms with Gasteiger partial charge in [-0.05, 0) is 6.42 Å². The lowest BCUT2D eigenvalue weighted by molar-refractivity contribution is -0.131. The molecule has 2 N–H and O–H groups in total. The Kier molecular flexibility index (Phi) is 6.72. The minimum Gasteiger partial charge on any atom is -0.385 e. The average molecular weight is 199 g/mol. The molecule has 0 spiro atoms. The van der Waals surface area contributed by atoms with Gasteiger partial charge in [-0.25, -0.2) is 0 Å². The Balaban J connectivity index is 3.85. The van der Waals surface area contributed by atoms with E-state index in [1.54, 1.807) is 14.2 Å². The van der Waals surface area contributed by atoms with Gasteiger partial charge in [-0.2, -0.15) is 5.26 Å². The summed E-state index contributed by atoms with van der Waals surface area (Å²) in [4.78, 5) is 13.0. The number of amides is 1. The summed E-state index contributed by atoms with van der Waals surface area (Å²) in [5.41, 5.74) is 5.62. The molecule has 80 valence electrons. The molecule has 0 aliphatic heterocycles. The van der Waals surface area contributed by atoms with Crippen LogP contribution in [0, 0.1) is 11.3 Å². The molecule has 0 fully saturated rings. The first kappa shape index (κ1) is 12.9. The van der Waals surface area contributed by atoms with Gasteiger partial charge in [0.15, 0.2) is 0 Å². The molecular weight excluding hydrogens is 182 g/mol. The molecule has 0 saturated carbocycles. The van der Waals surface area contributed by atoms with E-state index in [9.17, 15) is 4.79 Å². The van der Waals surface area contributed by atoms with Gasteiger partial charge in [0, 0.05) is 27.3 Å². The minimum atomic E-state index is -0.529. The average Bonchev–Trinajstić information content (AvgIpc) is 2.21. The predicted molar refractivity (Wildman–Crippen MR) is 52.3 cm³/mol. The van der Waals surface area contributed by atoms with Crippen molar-refractivity contribution >= 4 is 5.91 Å². The fraction of sp³-hybridized carbons (Fsp3) is 0.778. The summed E-state index contributed by atoms with van der Waals surface area (Å²) in [6.45, 7) is 0.898. The third-order valence-corrected chi connectivity index (χ3v) is 1.89. The lowest BCUT2D eigenvalue weighted by atomic mass is 10.2. The number of ether oxygens (including phenoxy) is 1. The van der Waals surface area contributed by atoms with E-state index < -0.39 is 6.04 Å². The predicted octanol–water partition coefficient (Wildman–Crippen LogP) is -0.278. The van der Waals surface area contributed by atoms with Crippen molar-refractivity contribution < 1.29 is 9.53 Å². The molecular formula is C9H17N3O2. The highest BCUT2D eigenvalue weighted by Crippen LogP contribution is 1.96. The van der Waals surface area contributed by atoms with E-state index in [0.29, 0.717) is 26.0 Å². The monoisotopic (exact) mass is 199 g/mol. The van der Waals surface area contributed by atoms with E-state index in [1.807, 2.05) is 6.07 Å². The van der Waals surface area contributed by atoms with Gasteiger partial charge >= 0.3 is 0 Å². The minimum absolute atomic E-state index is 0.141. The third kappa shape index (κ3) is 4.80. The maximum absolute atomic E-state index is 11.5. The summed E-state index contributed by atoms with van der Waals surface area (Å²) in [7, 11) is 3.21. The van der Waals surface area contributed by atoms with Crippen molar-refractivity contribution in [2.45, 2.75) is 18.9 Å². The molecule has 0 heterocycles. The van der Waals surface area contributed by atoms with E-state index in [1.165, 1.54) is 4.90 Å². The number of rotatable bonds is 6. The fourth-order valence-corrected chi connectivity index (χ4v) is 0.979. The number of nitrogens with zero attached hydrogens (tertiary/aromatic N) is 2. The topological polar surface area (TPSA) is 79.3 Å². The van der Waals surface area contributed by atoms with E-state index in [2.05, 4.69) is 0 Å². The first-order valence-corrected chi connectivity index (χ1v) is 4.50. The SMILES string of the molecule is COCCC(N)C(=O)N(C)CCC#N. The van der Waals surface area contributed by atoms with Gasteiger partial charge in [0.2, 0.25) is 5.91 Å². The van der Waals surface area contributed by atoms with E-state index in [4.69, 9.17) is 15.7 Å². The summed E-state index contributed by atoms with van der Waals surface area (Å²) in [6, 6.07) is 1.45. The maximum Gasteiger partial charge on any atom is 0.239 e. The second-order valence-corrected chi connectivity index (χ2v) is 3.06. The second kappa shape index (κ2) is 7.30. The highest BCUT2D eigenvalue weighted by molar-refractivity contribution is 5.81. The molecule has 0 radical (unpaired) electrons. The van der Waals surface area contributed by atoms with Gasteiger partial charge in [-0.3, -0.25) is 4.79 Å². The molecule has 5 heteroatoms. The van der Waals surface area contributed by atoms with Crippen LogP contribution in [0.25, 0.3) is 0 Å². The van der Waals surface area contributed by atoms with Crippen molar-refractivity contribution in [1.82, 2.24) is 4.90 Å². The quantitative estimate of drug-likeness (QED) is 0.638. The van der Waals surface area contributed by atoms with Crippen molar-refractivity contribution in [3.8, 4) is 6.07 Å². The molecule has 0 aliphatic carbocycles. The molecule has 1 atom stereocenters.